The van der Waals surface area contributed by atoms with Crippen LogP contribution < -0.4 is 5.32 Å². The summed E-state index contributed by atoms with van der Waals surface area (Å²) in [5.41, 5.74) is 5.47. The first-order chi connectivity index (χ1) is 15.5. The predicted octanol–water partition coefficient (Wildman–Crippen LogP) is 4.85. The fourth-order valence-electron chi connectivity index (χ4n) is 3.72. The van der Waals surface area contributed by atoms with Crippen LogP contribution in [0, 0.1) is 6.92 Å². The van der Waals surface area contributed by atoms with Crippen LogP contribution in [0.25, 0.3) is 11.1 Å². The molecule has 3 aromatic heterocycles. The second-order valence-corrected chi connectivity index (χ2v) is 8.23. The summed E-state index contributed by atoms with van der Waals surface area (Å²) in [5.74, 6) is 0.620. The number of pyridine rings is 1. The van der Waals surface area contributed by atoms with Gasteiger partial charge in [0.15, 0.2) is 5.58 Å². The topological polar surface area (TPSA) is 84.4 Å². The lowest BCUT2D eigenvalue weighted by atomic mass is 10.0. The van der Waals surface area contributed by atoms with Crippen molar-refractivity contribution in [3.63, 3.8) is 0 Å². The summed E-state index contributed by atoms with van der Waals surface area (Å²) in [4.78, 5) is 15.6. The molecule has 9 heteroatoms. The Morgan fingerprint density at radius 1 is 1.19 bits per heavy atom. The van der Waals surface area contributed by atoms with Gasteiger partial charge in [0.2, 0.25) is 5.96 Å². The second kappa shape index (κ2) is 8.12. The Morgan fingerprint density at radius 2 is 2.06 bits per heavy atom. The summed E-state index contributed by atoms with van der Waals surface area (Å²) in [6.45, 7) is 4.67. The quantitative estimate of drug-likeness (QED) is 0.481. The standard InChI is InChI=1S/C23H22ClN7O/c1-14-4-5-17(18(24)8-14)19-9-15(2)31(13-16-10-26-30(3)12-16)22(27-19)29-23-28-20-11-25-7-6-21(20)32-23/h4-12,19H,13H2,1-3H3,(H,27,28,29). The molecule has 1 unspecified atom stereocenters. The van der Waals surface area contributed by atoms with Crippen molar-refractivity contribution in [1.82, 2.24) is 24.6 Å². The molecule has 1 atom stereocenters. The van der Waals surface area contributed by atoms with Gasteiger partial charge in [-0.15, -0.1) is 0 Å². The van der Waals surface area contributed by atoms with E-state index in [1.807, 2.05) is 44.6 Å². The average molecular weight is 448 g/mol. The van der Waals surface area contributed by atoms with Crippen LogP contribution in [0.4, 0.5) is 6.01 Å². The van der Waals surface area contributed by atoms with Crippen molar-refractivity contribution in [3.05, 3.63) is 82.5 Å². The average Bonchev–Trinajstić information content (AvgIpc) is 3.35. The maximum Gasteiger partial charge on any atom is 0.302 e. The molecule has 1 aromatic carbocycles. The normalized spacial score (nSPS) is 16.2. The molecule has 0 spiro atoms. The Morgan fingerprint density at radius 3 is 2.81 bits per heavy atom. The van der Waals surface area contributed by atoms with Gasteiger partial charge in [-0.05, 0) is 37.1 Å². The SMILES string of the molecule is CC1=CC(c2ccc(C)cc2Cl)N=C(Nc2nc3cnccc3o2)N1Cc1cnn(C)c1. The minimum atomic E-state index is -0.234. The van der Waals surface area contributed by atoms with Crippen LogP contribution in [-0.4, -0.2) is 30.6 Å². The third kappa shape index (κ3) is 3.97. The zero-order chi connectivity index (χ0) is 22.2. The monoisotopic (exact) mass is 447 g/mol. The van der Waals surface area contributed by atoms with Crippen molar-refractivity contribution in [3.8, 4) is 0 Å². The maximum absolute atomic E-state index is 6.56. The van der Waals surface area contributed by atoms with Gasteiger partial charge < -0.3 is 9.32 Å². The molecule has 0 saturated carbocycles. The van der Waals surface area contributed by atoms with Gasteiger partial charge in [0.25, 0.3) is 0 Å². The molecule has 8 nitrogen and oxygen atoms in total. The Bertz CT molecular complexity index is 1320. The summed E-state index contributed by atoms with van der Waals surface area (Å²) < 4.78 is 7.64. The molecule has 0 saturated heterocycles. The maximum atomic E-state index is 6.56. The van der Waals surface area contributed by atoms with Gasteiger partial charge in [-0.1, -0.05) is 23.7 Å². The fraction of sp³-hybridized carbons (Fsp3) is 0.217. The summed E-state index contributed by atoms with van der Waals surface area (Å²) in [6, 6.07) is 7.92. The molecule has 4 aromatic rings. The van der Waals surface area contributed by atoms with Crippen LogP contribution >= 0.6 is 11.6 Å². The minimum Gasteiger partial charge on any atom is -0.423 e. The first-order valence-electron chi connectivity index (χ1n) is 10.2. The molecule has 0 aliphatic carbocycles. The number of nitrogens with zero attached hydrogens (tertiary/aromatic N) is 6. The molecule has 1 aliphatic heterocycles. The number of oxazole rings is 1. The zero-order valence-corrected chi connectivity index (χ0v) is 18.7. The van der Waals surface area contributed by atoms with E-state index in [2.05, 4.69) is 38.3 Å². The van der Waals surface area contributed by atoms with Crippen LogP contribution in [0.5, 0.6) is 0 Å². The van der Waals surface area contributed by atoms with E-state index in [0.29, 0.717) is 34.6 Å². The van der Waals surface area contributed by atoms with Crippen molar-refractivity contribution in [2.75, 3.05) is 5.32 Å². The van der Waals surface area contributed by atoms with Gasteiger partial charge in [0.1, 0.15) is 11.6 Å². The van der Waals surface area contributed by atoms with Gasteiger partial charge in [-0.3, -0.25) is 15.0 Å². The lowest BCUT2D eigenvalue weighted by Crippen LogP contribution is -2.37. The highest BCUT2D eigenvalue weighted by Gasteiger charge is 2.25. The van der Waals surface area contributed by atoms with Crippen molar-refractivity contribution < 1.29 is 4.42 Å². The molecule has 1 aliphatic rings. The number of guanidine groups is 1. The predicted molar refractivity (Wildman–Crippen MR) is 124 cm³/mol. The largest absolute Gasteiger partial charge is 0.423 e. The first kappa shape index (κ1) is 20.3. The van der Waals surface area contributed by atoms with E-state index >= 15 is 0 Å². The number of halogens is 1. The molecule has 0 radical (unpaired) electrons. The third-order valence-electron chi connectivity index (χ3n) is 5.32. The van der Waals surface area contributed by atoms with E-state index in [1.165, 1.54) is 0 Å². The fourth-order valence-corrected chi connectivity index (χ4v) is 4.07. The van der Waals surface area contributed by atoms with Crippen LogP contribution in [0.3, 0.4) is 0 Å². The molecule has 4 heterocycles. The number of aryl methyl sites for hydroxylation is 2. The van der Waals surface area contributed by atoms with Gasteiger partial charge in [-0.25, -0.2) is 4.99 Å². The molecule has 0 bridgehead atoms. The lowest BCUT2D eigenvalue weighted by Gasteiger charge is -2.31. The van der Waals surface area contributed by atoms with Gasteiger partial charge in [0, 0.05) is 41.8 Å². The van der Waals surface area contributed by atoms with E-state index in [4.69, 9.17) is 21.0 Å². The number of allylic oxidation sites excluding steroid dienone is 1. The van der Waals surface area contributed by atoms with Gasteiger partial charge in [0.05, 0.1) is 18.9 Å². The Balaban J connectivity index is 1.53. The van der Waals surface area contributed by atoms with Gasteiger partial charge >= 0.3 is 6.01 Å². The van der Waals surface area contributed by atoms with Crippen LogP contribution in [0.15, 0.2) is 70.2 Å². The molecule has 0 amide bonds. The molecule has 0 fully saturated rings. The van der Waals surface area contributed by atoms with Crippen molar-refractivity contribution >= 4 is 34.7 Å². The van der Waals surface area contributed by atoms with E-state index in [0.717, 1.165) is 22.4 Å². The number of hydrogen-bond donors (Lipinski definition) is 1. The number of benzene rings is 1. The van der Waals surface area contributed by atoms with Crippen molar-refractivity contribution in [2.24, 2.45) is 12.0 Å². The smallest absolute Gasteiger partial charge is 0.302 e. The Kier molecular flexibility index (Phi) is 5.14. The molecule has 5 rings (SSSR count). The molecule has 1 N–H and O–H groups in total. The number of aromatic nitrogens is 4. The van der Waals surface area contributed by atoms with Crippen molar-refractivity contribution in [2.45, 2.75) is 26.4 Å². The summed E-state index contributed by atoms with van der Waals surface area (Å²) in [5, 5.41) is 8.24. The molecular formula is C23H22ClN7O. The Labute approximate surface area is 190 Å². The number of rotatable bonds is 4. The summed E-state index contributed by atoms with van der Waals surface area (Å²) >= 11 is 6.56. The third-order valence-corrected chi connectivity index (χ3v) is 5.65. The van der Waals surface area contributed by atoms with E-state index in [1.54, 1.807) is 23.1 Å². The second-order valence-electron chi connectivity index (χ2n) is 7.83. The number of hydrogen-bond acceptors (Lipinski definition) is 7. The summed E-state index contributed by atoms with van der Waals surface area (Å²) in [7, 11) is 1.90. The molecular weight excluding hydrogens is 426 g/mol. The Hall–Kier alpha value is -3.65. The highest BCUT2D eigenvalue weighted by atomic mass is 35.5. The van der Waals surface area contributed by atoms with Crippen LogP contribution in [0.2, 0.25) is 5.02 Å². The number of nitrogens with one attached hydrogen (secondary N) is 1. The number of fused-ring (bicyclic) bond motifs is 1. The summed E-state index contributed by atoms with van der Waals surface area (Å²) in [6.07, 6.45) is 9.28. The minimum absolute atomic E-state index is 0.234. The highest BCUT2D eigenvalue weighted by molar-refractivity contribution is 6.31. The van der Waals surface area contributed by atoms with E-state index < -0.39 is 0 Å². The van der Waals surface area contributed by atoms with Crippen molar-refractivity contribution in [1.29, 1.82) is 0 Å². The first-order valence-corrected chi connectivity index (χ1v) is 10.6. The number of aliphatic imine (C=N–C) groups is 1. The van der Waals surface area contributed by atoms with Crippen LogP contribution in [-0.2, 0) is 13.6 Å². The van der Waals surface area contributed by atoms with E-state index in [9.17, 15) is 0 Å². The molecule has 162 valence electrons. The van der Waals surface area contributed by atoms with Crippen LogP contribution in [0.1, 0.15) is 29.7 Å². The van der Waals surface area contributed by atoms with Gasteiger partial charge in [-0.2, -0.15) is 10.1 Å². The number of anilines is 1. The lowest BCUT2D eigenvalue weighted by molar-refractivity contribution is 0.482. The highest BCUT2D eigenvalue weighted by Crippen LogP contribution is 2.33. The molecule has 32 heavy (non-hydrogen) atoms. The zero-order valence-electron chi connectivity index (χ0n) is 18.0. The van der Waals surface area contributed by atoms with E-state index in [-0.39, 0.29) is 6.04 Å².